The normalized spacial score (nSPS) is 11.5. The number of carbonyl (C=O) groups is 1. The molecular weight excluding hydrogens is 331 g/mol. The monoisotopic (exact) mass is 356 g/mol. The van der Waals surface area contributed by atoms with Gasteiger partial charge in [-0.1, -0.05) is 0 Å². The van der Waals surface area contributed by atoms with Crippen LogP contribution in [0.4, 0.5) is 0 Å². The topological polar surface area (TPSA) is 56.7 Å². The molecular formula is C11H25IN4O. The molecule has 5 nitrogen and oxygen atoms in total. The fraction of sp³-hybridized carbons (Fsp3) is 0.818. The van der Waals surface area contributed by atoms with Gasteiger partial charge in [0.1, 0.15) is 0 Å². The highest BCUT2D eigenvalue weighted by Gasteiger charge is 2.11. The second-order valence-corrected chi connectivity index (χ2v) is 4.91. The Morgan fingerprint density at radius 1 is 1.29 bits per heavy atom. The fourth-order valence-corrected chi connectivity index (χ4v) is 1.05. The Morgan fingerprint density at radius 2 is 1.82 bits per heavy atom. The fourth-order valence-electron chi connectivity index (χ4n) is 1.05. The number of guanidine groups is 1. The maximum atomic E-state index is 11.3. The molecule has 0 aliphatic rings. The van der Waals surface area contributed by atoms with Gasteiger partial charge in [-0.15, -0.1) is 24.0 Å². The van der Waals surface area contributed by atoms with E-state index in [9.17, 15) is 4.79 Å². The molecule has 0 saturated carbocycles. The van der Waals surface area contributed by atoms with Crippen LogP contribution in [0, 0.1) is 0 Å². The Hall–Kier alpha value is -0.530. The van der Waals surface area contributed by atoms with E-state index in [4.69, 9.17) is 0 Å². The summed E-state index contributed by atoms with van der Waals surface area (Å²) in [7, 11) is 5.23. The van der Waals surface area contributed by atoms with Crippen molar-refractivity contribution in [3.63, 3.8) is 0 Å². The van der Waals surface area contributed by atoms with E-state index in [1.54, 1.807) is 26.0 Å². The first-order valence-electron chi connectivity index (χ1n) is 5.45. The third kappa shape index (κ3) is 10.3. The van der Waals surface area contributed by atoms with Gasteiger partial charge in [0.25, 0.3) is 0 Å². The Bertz CT molecular complexity index is 259. The van der Waals surface area contributed by atoms with Crippen molar-refractivity contribution in [2.45, 2.75) is 32.7 Å². The van der Waals surface area contributed by atoms with Gasteiger partial charge >= 0.3 is 0 Å². The molecule has 0 aliphatic carbocycles. The number of aliphatic imine (C=N–C) groups is 1. The summed E-state index contributed by atoms with van der Waals surface area (Å²) in [6.07, 6.45) is 0.470. The average Bonchev–Trinajstić information content (AvgIpc) is 2.13. The van der Waals surface area contributed by atoms with Crippen molar-refractivity contribution < 1.29 is 4.79 Å². The van der Waals surface area contributed by atoms with E-state index in [-0.39, 0.29) is 35.4 Å². The van der Waals surface area contributed by atoms with Gasteiger partial charge in [-0.05, 0) is 20.8 Å². The number of nitrogens with one attached hydrogen (secondary N) is 2. The van der Waals surface area contributed by atoms with Crippen molar-refractivity contribution in [1.82, 2.24) is 15.5 Å². The summed E-state index contributed by atoms with van der Waals surface area (Å²) < 4.78 is 0. The summed E-state index contributed by atoms with van der Waals surface area (Å²) in [6.45, 7) is 6.77. The molecule has 0 aromatic rings. The Balaban J connectivity index is 0. The molecule has 0 aromatic heterocycles. The summed E-state index contributed by atoms with van der Waals surface area (Å²) >= 11 is 0. The Morgan fingerprint density at radius 3 is 2.18 bits per heavy atom. The van der Waals surface area contributed by atoms with Crippen LogP contribution in [0.5, 0.6) is 0 Å². The summed E-state index contributed by atoms with van der Waals surface area (Å²) in [4.78, 5) is 17.0. The predicted octanol–water partition coefficient (Wildman–Crippen LogP) is 1.05. The second kappa shape index (κ2) is 8.54. The van der Waals surface area contributed by atoms with Crippen LogP contribution >= 0.6 is 24.0 Å². The molecule has 0 radical (unpaired) electrons. The third-order valence-electron chi connectivity index (χ3n) is 1.85. The SMILES string of the molecule is CN=C(NCCC(=O)N(C)C)NC(C)(C)C.I. The van der Waals surface area contributed by atoms with Gasteiger partial charge in [0.15, 0.2) is 5.96 Å². The van der Waals surface area contributed by atoms with Crippen LogP contribution in [-0.4, -0.2) is 50.0 Å². The van der Waals surface area contributed by atoms with Gasteiger partial charge in [-0.2, -0.15) is 0 Å². The summed E-state index contributed by atoms with van der Waals surface area (Å²) in [6, 6.07) is 0. The molecule has 6 heteroatoms. The molecule has 2 N–H and O–H groups in total. The summed E-state index contributed by atoms with van der Waals surface area (Å²) in [5.74, 6) is 0.831. The Labute approximate surface area is 121 Å². The first kappa shape index (κ1) is 18.8. The number of hydrogen-bond donors (Lipinski definition) is 2. The number of amides is 1. The molecule has 0 bridgehead atoms. The quantitative estimate of drug-likeness (QED) is 0.452. The van der Waals surface area contributed by atoms with Gasteiger partial charge in [-0.25, -0.2) is 0 Å². The van der Waals surface area contributed by atoms with Gasteiger partial charge in [-0.3, -0.25) is 9.79 Å². The van der Waals surface area contributed by atoms with E-state index in [1.165, 1.54) is 0 Å². The lowest BCUT2D eigenvalue weighted by Crippen LogP contribution is -2.48. The van der Waals surface area contributed by atoms with Crippen LogP contribution in [0.1, 0.15) is 27.2 Å². The maximum absolute atomic E-state index is 11.3. The maximum Gasteiger partial charge on any atom is 0.223 e. The minimum absolute atomic E-state index is 0. The molecule has 102 valence electrons. The minimum Gasteiger partial charge on any atom is -0.356 e. The van der Waals surface area contributed by atoms with Crippen LogP contribution in [0.25, 0.3) is 0 Å². The highest BCUT2D eigenvalue weighted by Crippen LogP contribution is 1.97. The molecule has 0 saturated heterocycles. The molecule has 1 amide bonds. The smallest absolute Gasteiger partial charge is 0.223 e. The lowest BCUT2D eigenvalue weighted by molar-refractivity contribution is -0.128. The molecule has 0 atom stereocenters. The first-order valence-corrected chi connectivity index (χ1v) is 5.45. The van der Waals surface area contributed by atoms with Crippen LogP contribution in [0.3, 0.4) is 0 Å². The van der Waals surface area contributed by atoms with E-state index in [1.807, 2.05) is 0 Å². The number of carbonyl (C=O) groups excluding carboxylic acids is 1. The van der Waals surface area contributed by atoms with Crippen LogP contribution < -0.4 is 10.6 Å². The molecule has 0 aromatic carbocycles. The van der Waals surface area contributed by atoms with Crippen molar-refractivity contribution in [1.29, 1.82) is 0 Å². The van der Waals surface area contributed by atoms with Crippen LogP contribution in [0.2, 0.25) is 0 Å². The van der Waals surface area contributed by atoms with E-state index in [0.29, 0.717) is 13.0 Å². The van der Waals surface area contributed by atoms with Crippen LogP contribution in [0.15, 0.2) is 4.99 Å². The average molecular weight is 356 g/mol. The number of nitrogens with zero attached hydrogens (tertiary/aromatic N) is 2. The van der Waals surface area contributed by atoms with Gasteiger partial charge in [0.2, 0.25) is 5.91 Å². The van der Waals surface area contributed by atoms with E-state index < -0.39 is 0 Å². The zero-order valence-electron chi connectivity index (χ0n) is 11.6. The van der Waals surface area contributed by atoms with Crippen molar-refractivity contribution in [2.75, 3.05) is 27.7 Å². The summed E-state index contributed by atoms with van der Waals surface area (Å²) in [5, 5.41) is 6.33. The van der Waals surface area contributed by atoms with Crippen molar-refractivity contribution in [2.24, 2.45) is 4.99 Å². The van der Waals surface area contributed by atoms with Crippen LogP contribution in [-0.2, 0) is 4.79 Å². The molecule has 0 spiro atoms. The number of rotatable bonds is 3. The highest BCUT2D eigenvalue weighted by atomic mass is 127. The van der Waals surface area contributed by atoms with Crippen molar-refractivity contribution >= 4 is 35.8 Å². The van der Waals surface area contributed by atoms with Gasteiger partial charge < -0.3 is 15.5 Å². The van der Waals surface area contributed by atoms with Gasteiger partial charge in [0, 0.05) is 39.6 Å². The van der Waals surface area contributed by atoms with E-state index >= 15 is 0 Å². The van der Waals surface area contributed by atoms with Gasteiger partial charge in [0.05, 0.1) is 0 Å². The summed E-state index contributed by atoms with van der Waals surface area (Å²) in [5.41, 5.74) is -0.0343. The molecule has 0 rings (SSSR count). The minimum atomic E-state index is -0.0343. The van der Waals surface area contributed by atoms with Crippen molar-refractivity contribution in [3.8, 4) is 0 Å². The molecule has 0 aliphatic heterocycles. The predicted molar refractivity (Wildman–Crippen MR) is 83.0 cm³/mol. The van der Waals surface area contributed by atoms with Crippen molar-refractivity contribution in [3.05, 3.63) is 0 Å². The van der Waals surface area contributed by atoms with E-state index in [2.05, 4.69) is 36.4 Å². The first-order chi connectivity index (χ1) is 7.26. The number of halogens is 1. The van der Waals surface area contributed by atoms with E-state index in [0.717, 1.165) is 5.96 Å². The molecule has 17 heavy (non-hydrogen) atoms. The zero-order valence-corrected chi connectivity index (χ0v) is 14.0. The molecule has 0 unspecified atom stereocenters. The Kier molecular flexibility index (Phi) is 9.46. The highest BCUT2D eigenvalue weighted by molar-refractivity contribution is 14.0. The standard InChI is InChI=1S/C11H24N4O.HI/c1-11(2,3)14-10(12-4)13-8-7-9(16)15(5)6;/h7-8H2,1-6H3,(H2,12,13,14);1H. The number of hydrogen-bond acceptors (Lipinski definition) is 2. The lowest BCUT2D eigenvalue weighted by Gasteiger charge is -2.23. The molecule has 0 heterocycles. The largest absolute Gasteiger partial charge is 0.356 e. The zero-order chi connectivity index (χ0) is 12.8. The third-order valence-corrected chi connectivity index (χ3v) is 1.85. The lowest BCUT2D eigenvalue weighted by atomic mass is 10.1. The molecule has 0 fully saturated rings. The second-order valence-electron chi connectivity index (χ2n) is 4.91.